The lowest BCUT2D eigenvalue weighted by Gasteiger charge is -2.14. The molecule has 2 rings (SSSR count). The minimum absolute atomic E-state index is 0.00450. The zero-order valence-corrected chi connectivity index (χ0v) is 9.43. The molecule has 0 spiro atoms. The molecule has 1 aliphatic carbocycles. The van der Waals surface area contributed by atoms with E-state index in [0.29, 0.717) is 12.2 Å². The van der Waals surface area contributed by atoms with Crippen molar-refractivity contribution in [3.05, 3.63) is 29.6 Å². The lowest BCUT2D eigenvalue weighted by molar-refractivity contribution is 0.229. The Hall–Kier alpha value is -1.66. The fourth-order valence-electron chi connectivity index (χ4n) is 1.61. The van der Waals surface area contributed by atoms with Crippen LogP contribution in [0.5, 0.6) is 0 Å². The van der Waals surface area contributed by atoms with Crippen LogP contribution in [0.4, 0.5) is 0 Å². The topological polar surface area (TPSA) is 104 Å². The number of nitrogens with two attached hydrogens (primary N) is 1. The smallest absolute Gasteiger partial charge is 0.188 e. The fraction of sp³-hybridized carbons (Fsp3) is 0.455. The zero-order valence-electron chi connectivity index (χ0n) is 9.43. The van der Waals surface area contributed by atoms with Crippen LogP contribution in [-0.2, 0) is 6.54 Å². The monoisotopic (exact) mass is 236 g/mol. The van der Waals surface area contributed by atoms with E-state index in [1.807, 2.05) is 6.07 Å². The highest BCUT2D eigenvalue weighted by Crippen LogP contribution is 2.34. The summed E-state index contributed by atoms with van der Waals surface area (Å²) in [4.78, 5) is 4.00. The Morgan fingerprint density at radius 2 is 2.35 bits per heavy atom. The van der Waals surface area contributed by atoms with Crippen molar-refractivity contribution in [3.8, 4) is 0 Å². The minimum atomic E-state index is -0.0972. The molecule has 92 valence electrons. The number of hydrogen-bond acceptors (Lipinski definition) is 5. The molecule has 0 atom stereocenters. The Balaban J connectivity index is 2.01. The van der Waals surface area contributed by atoms with Gasteiger partial charge in [-0.05, 0) is 30.5 Å². The molecule has 1 saturated carbocycles. The van der Waals surface area contributed by atoms with Crippen molar-refractivity contribution in [3.63, 3.8) is 0 Å². The number of hydrogen-bond donors (Lipinski definition) is 4. The first-order valence-electron chi connectivity index (χ1n) is 5.48. The molecule has 1 heterocycles. The summed E-state index contributed by atoms with van der Waals surface area (Å²) < 4.78 is 0. The number of aliphatic hydroxyl groups excluding tert-OH is 1. The SMILES string of the molecule is N/C(=N/O)c1cc(CNC2(CO)CC2)ccn1. The molecule has 1 fully saturated rings. The first-order valence-corrected chi connectivity index (χ1v) is 5.48. The maximum atomic E-state index is 9.17. The summed E-state index contributed by atoms with van der Waals surface area (Å²) in [6, 6.07) is 3.62. The normalized spacial score (nSPS) is 18.1. The Morgan fingerprint density at radius 3 is 2.94 bits per heavy atom. The lowest BCUT2D eigenvalue weighted by Crippen LogP contribution is -2.34. The summed E-state index contributed by atoms with van der Waals surface area (Å²) in [6.07, 6.45) is 3.62. The minimum Gasteiger partial charge on any atom is -0.409 e. The van der Waals surface area contributed by atoms with Gasteiger partial charge in [-0.25, -0.2) is 0 Å². The average Bonchev–Trinajstić information content (AvgIpc) is 3.16. The predicted molar refractivity (Wildman–Crippen MR) is 62.6 cm³/mol. The molecule has 0 saturated heterocycles. The van der Waals surface area contributed by atoms with Crippen LogP contribution in [-0.4, -0.2) is 33.3 Å². The number of aromatic nitrogens is 1. The fourth-order valence-corrected chi connectivity index (χ4v) is 1.61. The van der Waals surface area contributed by atoms with Crippen molar-refractivity contribution < 1.29 is 10.3 Å². The van der Waals surface area contributed by atoms with Crippen LogP contribution in [0.3, 0.4) is 0 Å². The van der Waals surface area contributed by atoms with Gasteiger partial charge in [0.25, 0.3) is 0 Å². The Kier molecular flexibility index (Phi) is 3.26. The lowest BCUT2D eigenvalue weighted by atomic mass is 10.2. The third kappa shape index (κ3) is 2.72. The number of nitrogens with one attached hydrogen (secondary N) is 1. The first kappa shape index (κ1) is 11.8. The van der Waals surface area contributed by atoms with E-state index in [-0.39, 0.29) is 18.0 Å². The maximum absolute atomic E-state index is 9.17. The van der Waals surface area contributed by atoms with Gasteiger partial charge in [-0.15, -0.1) is 0 Å². The van der Waals surface area contributed by atoms with Crippen LogP contribution >= 0.6 is 0 Å². The van der Waals surface area contributed by atoms with Gasteiger partial charge in [-0.2, -0.15) is 0 Å². The van der Waals surface area contributed by atoms with Crippen LogP contribution in [0.1, 0.15) is 24.1 Å². The Labute approximate surface area is 99.2 Å². The van der Waals surface area contributed by atoms with Gasteiger partial charge in [0.1, 0.15) is 5.69 Å². The van der Waals surface area contributed by atoms with Gasteiger partial charge in [-0.1, -0.05) is 5.16 Å². The van der Waals surface area contributed by atoms with Gasteiger partial charge in [0.15, 0.2) is 5.84 Å². The van der Waals surface area contributed by atoms with E-state index in [1.54, 1.807) is 12.3 Å². The molecule has 0 aliphatic heterocycles. The molecule has 0 bridgehead atoms. The van der Waals surface area contributed by atoms with E-state index in [0.717, 1.165) is 18.4 Å². The average molecular weight is 236 g/mol. The van der Waals surface area contributed by atoms with E-state index >= 15 is 0 Å². The number of pyridine rings is 1. The van der Waals surface area contributed by atoms with E-state index in [9.17, 15) is 0 Å². The van der Waals surface area contributed by atoms with E-state index in [2.05, 4.69) is 15.5 Å². The van der Waals surface area contributed by atoms with Crippen molar-refractivity contribution in [1.29, 1.82) is 0 Å². The van der Waals surface area contributed by atoms with Crippen molar-refractivity contribution in [2.45, 2.75) is 24.9 Å². The molecule has 6 heteroatoms. The molecule has 0 amide bonds. The second-order valence-corrected chi connectivity index (χ2v) is 4.33. The summed E-state index contributed by atoms with van der Waals surface area (Å²) in [5.74, 6) is -0.00450. The van der Waals surface area contributed by atoms with Crippen LogP contribution < -0.4 is 11.1 Å². The van der Waals surface area contributed by atoms with Gasteiger partial charge in [0.2, 0.25) is 0 Å². The quantitative estimate of drug-likeness (QED) is 0.245. The number of rotatable bonds is 5. The van der Waals surface area contributed by atoms with Gasteiger partial charge in [0, 0.05) is 18.3 Å². The zero-order chi connectivity index (χ0) is 12.3. The number of amidine groups is 1. The van der Waals surface area contributed by atoms with Crippen molar-refractivity contribution in [2.24, 2.45) is 10.9 Å². The molecule has 17 heavy (non-hydrogen) atoms. The van der Waals surface area contributed by atoms with E-state index in [1.165, 1.54) is 0 Å². The second kappa shape index (κ2) is 4.68. The standard InChI is InChI=1S/C11H16N4O2/c12-10(15-17)9-5-8(1-4-13-9)6-14-11(7-16)2-3-11/h1,4-5,14,16-17H,2-3,6-7H2,(H2,12,15). The largest absolute Gasteiger partial charge is 0.409 e. The molecular weight excluding hydrogens is 220 g/mol. The number of oxime groups is 1. The first-order chi connectivity index (χ1) is 8.19. The summed E-state index contributed by atoms with van der Waals surface area (Å²) in [5, 5.41) is 23.9. The predicted octanol–water partition coefficient (Wildman–Crippen LogP) is -0.209. The highest BCUT2D eigenvalue weighted by Gasteiger charge is 2.41. The Morgan fingerprint density at radius 1 is 1.59 bits per heavy atom. The van der Waals surface area contributed by atoms with Gasteiger partial charge in [0.05, 0.1) is 6.61 Å². The van der Waals surface area contributed by atoms with Crippen molar-refractivity contribution in [2.75, 3.05) is 6.61 Å². The molecule has 1 aromatic heterocycles. The molecule has 0 unspecified atom stereocenters. The van der Waals surface area contributed by atoms with Crippen LogP contribution in [0.25, 0.3) is 0 Å². The van der Waals surface area contributed by atoms with Crippen LogP contribution in [0, 0.1) is 0 Å². The molecule has 1 aromatic rings. The summed E-state index contributed by atoms with van der Waals surface area (Å²) >= 11 is 0. The van der Waals surface area contributed by atoms with E-state index in [4.69, 9.17) is 16.0 Å². The van der Waals surface area contributed by atoms with Crippen molar-refractivity contribution >= 4 is 5.84 Å². The molecule has 6 nitrogen and oxygen atoms in total. The molecule has 0 radical (unpaired) electrons. The summed E-state index contributed by atoms with van der Waals surface area (Å²) in [7, 11) is 0. The second-order valence-electron chi connectivity index (χ2n) is 4.33. The van der Waals surface area contributed by atoms with Crippen LogP contribution in [0.15, 0.2) is 23.5 Å². The third-order valence-corrected chi connectivity index (χ3v) is 3.02. The van der Waals surface area contributed by atoms with Crippen LogP contribution in [0.2, 0.25) is 0 Å². The van der Waals surface area contributed by atoms with E-state index < -0.39 is 0 Å². The van der Waals surface area contributed by atoms with Gasteiger partial charge < -0.3 is 21.4 Å². The molecule has 1 aliphatic rings. The van der Waals surface area contributed by atoms with Gasteiger partial charge >= 0.3 is 0 Å². The highest BCUT2D eigenvalue weighted by molar-refractivity contribution is 5.95. The van der Waals surface area contributed by atoms with Gasteiger partial charge in [-0.3, -0.25) is 4.98 Å². The highest BCUT2D eigenvalue weighted by atomic mass is 16.4. The third-order valence-electron chi connectivity index (χ3n) is 3.02. The number of nitrogens with zero attached hydrogens (tertiary/aromatic N) is 2. The summed E-state index contributed by atoms with van der Waals surface area (Å²) in [5.41, 5.74) is 6.80. The number of aliphatic hydroxyl groups is 1. The molecular formula is C11H16N4O2. The summed E-state index contributed by atoms with van der Waals surface area (Å²) in [6.45, 7) is 0.792. The molecule has 5 N–H and O–H groups in total. The van der Waals surface area contributed by atoms with Crippen molar-refractivity contribution in [1.82, 2.24) is 10.3 Å². The molecule has 0 aromatic carbocycles. The maximum Gasteiger partial charge on any atom is 0.188 e. The Bertz CT molecular complexity index is 429.